The van der Waals surface area contributed by atoms with Crippen LogP contribution in [0.3, 0.4) is 0 Å². The number of nitriles is 1. The Bertz CT molecular complexity index is 1670. The number of amides is 1. The van der Waals surface area contributed by atoms with E-state index in [9.17, 15) is 23.1 Å². The minimum absolute atomic E-state index is 0.0929. The fraction of sp³-hybridized carbons (Fsp3) is 0.286. The van der Waals surface area contributed by atoms with E-state index in [1.54, 1.807) is 24.4 Å². The monoisotopic (exact) mass is 577 g/mol. The summed E-state index contributed by atoms with van der Waals surface area (Å²) in [7, 11) is 0. The molecule has 1 saturated heterocycles. The number of aliphatic hydroxyl groups is 1. The summed E-state index contributed by atoms with van der Waals surface area (Å²) in [6, 6.07) is 9.34. The summed E-state index contributed by atoms with van der Waals surface area (Å²) in [5, 5.41) is 23.9. The first-order valence-corrected chi connectivity index (χ1v) is 13.0. The Kier molecular flexibility index (Phi) is 8.14. The first-order valence-electron chi connectivity index (χ1n) is 13.0. The summed E-state index contributed by atoms with van der Waals surface area (Å²) < 4.78 is 40.1. The van der Waals surface area contributed by atoms with Crippen LogP contribution in [-0.4, -0.2) is 75.2 Å². The van der Waals surface area contributed by atoms with E-state index in [2.05, 4.69) is 30.5 Å². The Labute approximate surface area is 238 Å². The van der Waals surface area contributed by atoms with Crippen LogP contribution in [0.2, 0.25) is 0 Å². The first kappa shape index (κ1) is 28.7. The van der Waals surface area contributed by atoms with Crippen molar-refractivity contribution in [2.75, 3.05) is 54.9 Å². The molecule has 14 heteroatoms. The number of fused-ring (bicyclic) bond motifs is 1. The lowest BCUT2D eigenvalue weighted by Crippen LogP contribution is -2.47. The van der Waals surface area contributed by atoms with Crippen molar-refractivity contribution in [3.05, 3.63) is 71.2 Å². The zero-order valence-corrected chi connectivity index (χ0v) is 22.5. The summed E-state index contributed by atoms with van der Waals surface area (Å²) in [5.74, 6) is 0.285. The third-order valence-electron chi connectivity index (χ3n) is 6.89. The van der Waals surface area contributed by atoms with Crippen LogP contribution in [0.1, 0.15) is 27.0 Å². The molecule has 0 atom stereocenters. The van der Waals surface area contributed by atoms with Crippen LogP contribution in [0.4, 0.5) is 36.3 Å². The molecule has 42 heavy (non-hydrogen) atoms. The number of hydrogen-bond donors (Lipinski definition) is 3. The molecule has 3 N–H and O–H groups in total. The third kappa shape index (κ3) is 6.22. The van der Waals surface area contributed by atoms with Gasteiger partial charge in [0, 0.05) is 49.7 Å². The number of aliphatic hydroxyl groups excluding tert-OH is 1. The van der Waals surface area contributed by atoms with Gasteiger partial charge in [-0.1, -0.05) is 6.07 Å². The van der Waals surface area contributed by atoms with Crippen molar-refractivity contribution < 1.29 is 23.1 Å². The van der Waals surface area contributed by atoms with Crippen molar-refractivity contribution in [1.82, 2.24) is 24.8 Å². The molecule has 0 radical (unpaired) electrons. The molecule has 1 aliphatic rings. The van der Waals surface area contributed by atoms with Gasteiger partial charge in [0.15, 0.2) is 5.82 Å². The molecule has 1 amide bonds. The molecule has 2 aromatic carbocycles. The van der Waals surface area contributed by atoms with Crippen LogP contribution in [0.25, 0.3) is 11.0 Å². The van der Waals surface area contributed by atoms with E-state index in [0.717, 1.165) is 30.8 Å². The number of nitrogens with zero attached hydrogens (tertiary/aromatic N) is 7. The highest BCUT2D eigenvalue weighted by atomic mass is 19.4. The molecule has 0 spiro atoms. The van der Waals surface area contributed by atoms with Crippen molar-refractivity contribution in [2.24, 2.45) is 0 Å². The van der Waals surface area contributed by atoms with Crippen LogP contribution >= 0.6 is 0 Å². The van der Waals surface area contributed by atoms with E-state index >= 15 is 0 Å². The predicted molar refractivity (Wildman–Crippen MR) is 149 cm³/mol. The Morgan fingerprint density at radius 2 is 1.88 bits per heavy atom. The fourth-order valence-corrected chi connectivity index (χ4v) is 4.58. The van der Waals surface area contributed by atoms with Crippen LogP contribution in [0.15, 0.2) is 48.9 Å². The zero-order valence-electron chi connectivity index (χ0n) is 22.5. The average Bonchev–Trinajstić information content (AvgIpc) is 2.98. The van der Waals surface area contributed by atoms with Gasteiger partial charge in [-0.2, -0.15) is 18.4 Å². The number of nitrogens with one attached hydrogen (secondary N) is 2. The summed E-state index contributed by atoms with van der Waals surface area (Å²) in [4.78, 5) is 35.0. The third-order valence-corrected chi connectivity index (χ3v) is 6.89. The number of β-amino-alcohol motifs (C(OH)–C–C–N with tert-alkyl or cyclic N) is 1. The molecule has 0 aliphatic carbocycles. The normalized spacial score (nSPS) is 14.0. The van der Waals surface area contributed by atoms with Gasteiger partial charge in [-0.05, 0) is 42.8 Å². The van der Waals surface area contributed by atoms with Crippen molar-refractivity contribution in [1.29, 1.82) is 5.26 Å². The summed E-state index contributed by atoms with van der Waals surface area (Å²) in [6.45, 7) is 5.49. The molecular formula is C28H26F3N9O2. The summed E-state index contributed by atoms with van der Waals surface area (Å²) >= 11 is 0. The number of alkyl halides is 3. The molecule has 0 unspecified atom stereocenters. The van der Waals surface area contributed by atoms with E-state index in [4.69, 9.17) is 10.2 Å². The first-order chi connectivity index (χ1) is 20.2. The van der Waals surface area contributed by atoms with Crippen molar-refractivity contribution in [2.45, 2.75) is 13.1 Å². The summed E-state index contributed by atoms with van der Waals surface area (Å²) in [5.41, 5.74) is 0.755. The molecular weight excluding hydrogens is 551 g/mol. The molecule has 3 heterocycles. The lowest BCUT2D eigenvalue weighted by molar-refractivity contribution is -0.137. The molecule has 0 saturated carbocycles. The van der Waals surface area contributed by atoms with Gasteiger partial charge in [0.2, 0.25) is 5.95 Å². The standard InChI is InChI=1S/C28H26F3N9O2/c1-17-2-3-18(26(42)36-20-5-4-19(14-32)21(13-20)28(29,30)31)12-22(17)37-25-24-23(34-16-35-25)15-33-27(38-24)40-8-6-39(7-9-40)10-11-41/h2-5,12-13,15-16,41H,6-11H2,1H3,(H,36,42)(H,34,35,37). The number of aromatic nitrogens is 4. The van der Waals surface area contributed by atoms with Gasteiger partial charge in [-0.3, -0.25) is 9.69 Å². The Hall–Kier alpha value is -4.87. The Balaban J connectivity index is 1.38. The molecule has 11 nitrogen and oxygen atoms in total. The zero-order chi connectivity index (χ0) is 29.9. The average molecular weight is 578 g/mol. The van der Waals surface area contributed by atoms with Crippen LogP contribution in [-0.2, 0) is 6.18 Å². The molecule has 4 aromatic rings. The van der Waals surface area contributed by atoms with Crippen LogP contribution in [0, 0.1) is 18.3 Å². The second kappa shape index (κ2) is 11.9. The number of anilines is 4. The highest BCUT2D eigenvalue weighted by Gasteiger charge is 2.34. The highest BCUT2D eigenvalue weighted by molar-refractivity contribution is 6.05. The number of halogens is 3. The van der Waals surface area contributed by atoms with Gasteiger partial charge in [0.25, 0.3) is 5.91 Å². The summed E-state index contributed by atoms with van der Waals surface area (Å²) in [6.07, 6.45) is -1.75. The number of aryl methyl sites for hydroxylation is 1. The lowest BCUT2D eigenvalue weighted by Gasteiger charge is -2.34. The van der Waals surface area contributed by atoms with Gasteiger partial charge in [0.05, 0.1) is 30.0 Å². The Morgan fingerprint density at radius 3 is 2.60 bits per heavy atom. The van der Waals surface area contributed by atoms with E-state index in [1.807, 2.05) is 11.8 Å². The van der Waals surface area contributed by atoms with E-state index in [0.29, 0.717) is 48.1 Å². The van der Waals surface area contributed by atoms with Crippen molar-refractivity contribution in [3.63, 3.8) is 0 Å². The van der Waals surface area contributed by atoms with Crippen molar-refractivity contribution in [3.8, 4) is 6.07 Å². The topological polar surface area (TPSA) is 143 Å². The smallest absolute Gasteiger partial charge is 0.395 e. The molecule has 0 bridgehead atoms. The van der Waals surface area contributed by atoms with Gasteiger partial charge in [-0.25, -0.2) is 19.9 Å². The SMILES string of the molecule is Cc1ccc(C(=O)Nc2ccc(C#N)c(C(F)(F)F)c2)cc1Nc1ncnc2cnc(N3CCN(CCO)CC3)nc12. The maximum absolute atomic E-state index is 13.4. The van der Waals surface area contributed by atoms with Crippen molar-refractivity contribution >= 4 is 40.1 Å². The van der Waals surface area contributed by atoms with E-state index in [1.165, 1.54) is 18.5 Å². The second-order valence-corrected chi connectivity index (χ2v) is 9.66. The molecule has 5 rings (SSSR count). The minimum Gasteiger partial charge on any atom is -0.395 e. The van der Waals surface area contributed by atoms with Crippen LogP contribution in [0.5, 0.6) is 0 Å². The van der Waals surface area contributed by atoms with E-state index in [-0.39, 0.29) is 17.9 Å². The number of carbonyl (C=O) groups is 1. The molecule has 1 fully saturated rings. The van der Waals surface area contributed by atoms with Gasteiger partial charge in [0.1, 0.15) is 17.4 Å². The van der Waals surface area contributed by atoms with Gasteiger partial charge >= 0.3 is 6.18 Å². The van der Waals surface area contributed by atoms with E-state index < -0.39 is 23.2 Å². The number of carbonyl (C=O) groups excluding carboxylic acids is 1. The molecule has 2 aromatic heterocycles. The van der Waals surface area contributed by atoms with Gasteiger partial charge in [-0.15, -0.1) is 0 Å². The lowest BCUT2D eigenvalue weighted by atomic mass is 10.1. The van der Waals surface area contributed by atoms with Gasteiger partial charge < -0.3 is 20.6 Å². The molecule has 216 valence electrons. The largest absolute Gasteiger partial charge is 0.417 e. The quantitative estimate of drug-likeness (QED) is 0.297. The predicted octanol–water partition coefficient (Wildman–Crippen LogP) is 3.73. The second-order valence-electron chi connectivity index (χ2n) is 9.66. The number of piperazine rings is 1. The minimum atomic E-state index is -4.75. The number of hydrogen-bond acceptors (Lipinski definition) is 10. The fourth-order valence-electron chi connectivity index (χ4n) is 4.58. The number of benzene rings is 2. The van der Waals surface area contributed by atoms with Crippen LogP contribution < -0.4 is 15.5 Å². The maximum Gasteiger partial charge on any atom is 0.417 e. The number of rotatable bonds is 7. The highest BCUT2D eigenvalue weighted by Crippen LogP contribution is 2.34. The molecule has 1 aliphatic heterocycles. The Morgan fingerprint density at radius 1 is 1.10 bits per heavy atom. The maximum atomic E-state index is 13.4.